The van der Waals surface area contributed by atoms with E-state index < -0.39 is 0 Å². The zero-order chi connectivity index (χ0) is 15.7. The Bertz CT molecular complexity index is 589. The van der Waals surface area contributed by atoms with Crippen molar-refractivity contribution in [2.75, 3.05) is 32.7 Å². The minimum absolute atomic E-state index is 0.00862. The predicted molar refractivity (Wildman–Crippen MR) is 80.4 cm³/mol. The lowest BCUT2D eigenvalue weighted by Gasteiger charge is -2.42. The van der Waals surface area contributed by atoms with Crippen LogP contribution < -0.4 is 5.32 Å². The molecular formula is C15H21N5O2. The molecule has 1 N–H and O–H groups in total. The van der Waals surface area contributed by atoms with Gasteiger partial charge in [-0.3, -0.25) is 14.5 Å². The summed E-state index contributed by atoms with van der Waals surface area (Å²) >= 11 is 0. The van der Waals surface area contributed by atoms with Gasteiger partial charge in [0.2, 0.25) is 5.91 Å². The van der Waals surface area contributed by atoms with Crippen molar-refractivity contribution in [3.05, 3.63) is 23.8 Å². The van der Waals surface area contributed by atoms with E-state index in [9.17, 15) is 9.59 Å². The first-order valence-electron chi connectivity index (χ1n) is 7.70. The summed E-state index contributed by atoms with van der Waals surface area (Å²) in [5.74, 6) is 0.727. The average molecular weight is 303 g/mol. The Kier molecular flexibility index (Phi) is 4.06. The van der Waals surface area contributed by atoms with Crippen LogP contribution in [0.2, 0.25) is 0 Å². The summed E-state index contributed by atoms with van der Waals surface area (Å²) in [5.41, 5.74) is 0.406. The molecule has 7 heteroatoms. The molecule has 3 heterocycles. The predicted octanol–water partition coefficient (Wildman–Crippen LogP) is -0.144. The van der Waals surface area contributed by atoms with Gasteiger partial charge >= 0.3 is 0 Å². The zero-order valence-corrected chi connectivity index (χ0v) is 13.0. The first-order chi connectivity index (χ1) is 10.6. The van der Waals surface area contributed by atoms with E-state index in [0.717, 1.165) is 13.1 Å². The van der Waals surface area contributed by atoms with Crippen LogP contribution in [0, 0.1) is 0 Å². The molecule has 1 aromatic heterocycles. The second-order valence-electron chi connectivity index (χ2n) is 6.05. The molecule has 2 aliphatic heterocycles. The van der Waals surface area contributed by atoms with Crippen molar-refractivity contribution < 1.29 is 9.59 Å². The first-order valence-corrected chi connectivity index (χ1v) is 7.70. The fourth-order valence-corrected chi connectivity index (χ4v) is 2.89. The molecule has 0 aromatic carbocycles. The van der Waals surface area contributed by atoms with Crippen molar-refractivity contribution in [2.24, 2.45) is 0 Å². The Morgan fingerprint density at radius 2 is 2.18 bits per heavy atom. The SMILES string of the molecule is CC(C)c1nccc(C(=O)N2CCN3CCNC(=O)C3C2)n1. The van der Waals surface area contributed by atoms with Crippen molar-refractivity contribution in [2.45, 2.75) is 25.8 Å². The Balaban J connectivity index is 1.75. The van der Waals surface area contributed by atoms with Gasteiger partial charge in [-0.1, -0.05) is 13.8 Å². The number of nitrogens with zero attached hydrogens (tertiary/aromatic N) is 4. The Morgan fingerprint density at radius 1 is 1.36 bits per heavy atom. The van der Waals surface area contributed by atoms with Gasteiger partial charge in [-0.15, -0.1) is 0 Å². The van der Waals surface area contributed by atoms with E-state index in [1.807, 2.05) is 13.8 Å². The number of amides is 2. The van der Waals surface area contributed by atoms with Crippen molar-refractivity contribution in [3.8, 4) is 0 Å². The molecule has 1 aromatic rings. The molecule has 1 unspecified atom stereocenters. The summed E-state index contributed by atoms with van der Waals surface area (Å²) in [6, 6.07) is 1.40. The third-order valence-corrected chi connectivity index (χ3v) is 4.19. The molecule has 0 radical (unpaired) electrons. The van der Waals surface area contributed by atoms with Crippen molar-refractivity contribution in [1.29, 1.82) is 0 Å². The van der Waals surface area contributed by atoms with Crippen molar-refractivity contribution in [1.82, 2.24) is 25.1 Å². The molecule has 0 spiro atoms. The van der Waals surface area contributed by atoms with Crippen LogP contribution in [-0.4, -0.2) is 70.3 Å². The number of fused-ring (bicyclic) bond motifs is 1. The highest BCUT2D eigenvalue weighted by Crippen LogP contribution is 2.15. The highest BCUT2D eigenvalue weighted by molar-refractivity contribution is 5.93. The number of hydrogen-bond donors (Lipinski definition) is 1. The van der Waals surface area contributed by atoms with E-state index in [1.165, 1.54) is 0 Å². The monoisotopic (exact) mass is 303 g/mol. The lowest BCUT2D eigenvalue weighted by molar-refractivity contribution is -0.131. The fraction of sp³-hybridized carbons (Fsp3) is 0.600. The number of hydrogen-bond acceptors (Lipinski definition) is 5. The summed E-state index contributed by atoms with van der Waals surface area (Å²) in [4.78, 5) is 37.0. The third-order valence-electron chi connectivity index (χ3n) is 4.19. The normalized spacial score (nSPS) is 22.4. The lowest BCUT2D eigenvalue weighted by Crippen LogP contribution is -2.64. The molecule has 7 nitrogen and oxygen atoms in total. The summed E-state index contributed by atoms with van der Waals surface area (Å²) < 4.78 is 0. The minimum Gasteiger partial charge on any atom is -0.353 e. The van der Waals surface area contributed by atoms with Gasteiger partial charge in [0.25, 0.3) is 5.91 Å². The largest absolute Gasteiger partial charge is 0.353 e. The number of carbonyl (C=O) groups excluding carboxylic acids is 2. The molecule has 2 amide bonds. The van der Waals surface area contributed by atoms with E-state index >= 15 is 0 Å². The van der Waals surface area contributed by atoms with E-state index in [4.69, 9.17) is 0 Å². The van der Waals surface area contributed by atoms with Crippen LogP contribution in [0.5, 0.6) is 0 Å². The number of aromatic nitrogens is 2. The van der Waals surface area contributed by atoms with Gasteiger partial charge in [-0.2, -0.15) is 0 Å². The van der Waals surface area contributed by atoms with Crippen LogP contribution in [-0.2, 0) is 4.79 Å². The Hall–Kier alpha value is -2.02. The first kappa shape index (κ1) is 14.9. The second-order valence-corrected chi connectivity index (χ2v) is 6.05. The maximum absolute atomic E-state index is 12.6. The second kappa shape index (κ2) is 6.00. The summed E-state index contributed by atoms with van der Waals surface area (Å²) in [5, 5.41) is 2.86. The van der Waals surface area contributed by atoms with E-state index in [0.29, 0.717) is 31.2 Å². The molecule has 2 saturated heterocycles. The van der Waals surface area contributed by atoms with Crippen molar-refractivity contribution >= 4 is 11.8 Å². The molecule has 2 aliphatic rings. The van der Waals surface area contributed by atoms with Gasteiger partial charge < -0.3 is 10.2 Å². The maximum atomic E-state index is 12.6. The van der Waals surface area contributed by atoms with E-state index in [1.54, 1.807) is 17.2 Å². The van der Waals surface area contributed by atoms with E-state index in [2.05, 4.69) is 20.2 Å². The molecule has 3 rings (SSSR count). The van der Waals surface area contributed by atoms with Crippen LogP contribution in [0.1, 0.15) is 36.1 Å². The topological polar surface area (TPSA) is 78.4 Å². The summed E-state index contributed by atoms with van der Waals surface area (Å²) in [6.45, 7) is 7.31. The Labute approximate surface area is 129 Å². The average Bonchev–Trinajstić information content (AvgIpc) is 2.54. The summed E-state index contributed by atoms with van der Waals surface area (Å²) in [7, 11) is 0. The molecule has 0 saturated carbocycles. The number of piperazine rings is 2. The molecule has 0 bridgehead atoms. The standard InChI is InChI=1S/C15H21N5O2/c1-10(2)13-16-4-3-11(18-13)15(22)20-8-7-19-6-5-17-14(21)12(19)9-20/h3-4,10,12H,5-9H2,1-2H3,(H,17,21). The quantitative estimate of drug-likeness (QED) is 0.822. The van der Waals surface area contributed by atoms with Crippen LogP contribution in [0.4, 0.5) is 0 Å². The molecule has 2 fully saturated rings. The molecule has 1 atom stereocenters. The highest BCUT2D eigenvalue weighted by atomic mass is 16.2. The maximum Gasteiger partial charge on any atom is 0.272 e. The van der Waals surface area contributed by atoms with Gasteiger partial charge in [0.1, 0.15) is 17.6 Å². The smallest absolute Gasteiger partial charge is 0.272 e. The third kappa shape index (κ3) is 2.81. The Morgan fingerprint density at radius 3 is 2.95 bits per heavy atom. The van der Waals surface area contributed by atoms with Gasteiger partial charge in [-0.05, 0) is 6.07 Å². The van der Waals surface area contributed by atoms with Gasteiger partial charge in [0, 0.05) is 44.8 Å². The molecule has 22 heavy (non-hydrogen) atoms. The lowest BCUT2D eigenvalue weighted by atomic mass is 10.1. The number of carbonyl (C=O) groups is 2. The minimum atomic E-state index is -0.238. The fourth-order valence-electron chi connectivity index (χ4n) is 2.89. The van der Waals surface area contributed by atoms with Crippen LogP contribution >= 0.6 is 0 Å². The van der Waals surface area contributed by atoms with Gasteiger partial charge in [0.05, 0.1) is 0 Å². The highest BCUT2D eigenvalue weighted by Gasteiger charge is 2.36. The molecular weight excluding hydrogens is 282 g/mol. The number of nitrogens with one attached hydrogen (secondary N) is 1. The van der Waals surface area contributed by atoms with Crippen molar-refractivity contribution in [3.63, 3.8) is 0 Å². The van der Waals surface area contributed by atoms with Crippen LogP contribution in [0.15, 0.2) is 12.3 Å². The zero-order valence-electron chi connectivity index (χ0n) is 13.0. The van der Waals surface area contributed by atoms with Crippen LogP contribution in [0.25, 0.3) is 0 Å². The molecule has 118 valence electrons. The molecule has 0 aliphatic carbocycles. The number of rotatable bonds is 2. The summed E-state index contributed by atoms with van der Waals surface area (Å²) in [6.07, 6.45) is 1.62. The van der Waals surface area contributed by atoms with E-state index in [-0.39, 0.29) is 23.8 Å². The van der Waals surface area contributed by atoms with Gasteiger partial charge in [0.15, 0.2) is 0 Å². The van der Waals surface area contributed by atoms with Crippen LogP contribution in [0.3, 0.4) is 0 Å². The van der Waals surface area contributed by atoms with Gasteiger partial charge in [-0.25, -0.2) is 9.97 Å².